The standard InChI is InChI=1S/C19H17F3N4O2/c1-10-15(11-2-6-13(23)7-3-11)16(18(28)26-25-10)17(27)24-14-8-4-12(5-9-14)19(20,21)22/h2-9,15-16H,23H2,1H3,(H,24,27)(H,26,28). The monoisotopic (exact) mass is 390 g/mol. The molecule has 6 nitrogen and oxygen atoms in total. The molecular weight excluding hydrogens is 373 g/mol. The van der Waals surface area contributed by atoms with Crippen molar-refractivity contribution in [3.05, 3.63) is 59.7 Å². The van der Waals surface area contributed by atoms with E-state index in [0.29, 0.717) is 17.0 Å². The van der Waals surface area contributed by atoms with Crippen LogP contribution in [0.25, 0.3) is 0 Å². The lowest BCUT2D eigenvalue weighted by molar-refractivity contribution is -0.137. The minimum absolute atomic E-state index is 0.155. The van der Waals surface area contributed by atoms with Gasteiger partial charge in [-0.2, -0.15) is 18.3 Å². The molecule has 0 fully saturated rings. The van der Waals surface area contributed by atoms with Gasteiger partial charge in [-0.05, 0) is 48.9 Å². The number of alkyl halides is 3. The van der Waals surface area contributed by atoms with Crippen molar-refractivity contribution in [2.24, 2.45) is 11.0 Å². The normalized spacial score (nSPS) is 19.6. The van der Waals surface area contributed by atoms with Crippen LogP contribution in [-0.2, 0) is 15.8 Å². The summed E-state index contributed by atoms with van der Waals surface area (Å²) in [6.45, 7) is 1.68. The Morgan fingerprint density at radius 3 is 2.29 bits per heavy atom. The Hall–Kier alpha value is -3.36. The lowest BCUT2D eigenvalue weighted by atomic mass is 9.80. The van der Waals surface area contributed by atoms with E-state index in [1.54, 1.807) is 31.2 Å². The molecule has 0 aromatic heterocycles. The second-order valence-corrected chi connectivity index (χ2v) is 6.42. The van der Waals surface area contributed by atoms with E-state index in [1.165, 1.54) is 0 Å². The Morgan fingerprint density at radius 2 is 1.71 bits per heavy atom. The first kappa shape index (κ1) is 19.4. The number of nitrogens with one attached hydrogen (secondary N) is 2. The first-order valence-electron chi connectivity index (χ1n) is 8.34. The van der Waals surface area contributed by atoms with Gasteiger partial charge >= 0.3 is 6.18 Å². The van der Waals surface area contributed by atoms with Crippen molar-refractivity contribution in [2.45, 2.75) is 19.0 Å². The van der Waals surface area contributed by atoms with E-state index < -0.39 is 35.4 Å². The largest absolute Gasteiger partial charge is 0.416 e. The van der Waals surface area contributed by atoms with Crippen LogP contribution in [-0.4, -0.2) is 17.5 Å². The van der Waals surface area contributed by atoms with E-state index in [0.717, 1.165) is 24.3 Å². The first-order chi connectivity index (χ1) is 13.2. The summed E-state index contributed by atoms with van der Waals surface area (Å²) in [7, 11) is 0. The van der Waals surface area contributed by atoms with Gasteiger partial charge < -0.3 is 11.1 Å². The number of halogens is 3. The molecule has 0 spiro atoms. The SMILES string of the molecule is CC1=NNC(=O)C(C(=O)Nc2ccc(C(F)(F)F)cc2)C1c1ccc(N)cc1. The summed E-state index contributed by atoms with van der Waals surface area (Å²) in [5.74, 6) is -3.00. The molecule has 28 heavy (non-hydrogen) atoms. The third-order valence-electron chi connectivity index (χ3n) is 4.47. The molecule has 4 N–H and O–H groups in total. The number of anilines is 2. The third kappa shape index (κ3) is 3.98. The number of amides is 2. The minimum atomic E-state index is -4.47. The third-order valence-corrected chi connectivity index (χ3v) is 4.47. The maximum atomic E-state index is 12.8. The fourth-order valence-electron chi connectivity index (χ4n) is 3.04. The van der Waals surface area contributed by atoms with Gasteiger partial charge in [0.2, 0.25) is 5.91 Å². The lowest BCUT2D eigenvalue weighted by Crippen LogP contribution is -2.46. The number of carbonyl (C=O) groups is 2. The lowest BCUT2D eigenvalue weighted by Gasteiger charge is -2.29. The molecule has 2 atom stereocenters. The average Bonchev–Trinajstić information content (AvgIpc) is 2.64. The molecule has 0 saturated carbocycles. The van der Waals surface area contributed by atoms with Gasteiger partial charge in [0.1, 0.15) is 5.92 Å². The topological polar surface area (TPSA) is 96.6 Å². The van der Waals surface area contributed by atoms with E-state index in [9.17, 15) is 22.8 Å². The van der Waals surface area contributed by atoms with Crippen molar-refractivity contribution in [3.63, 3.8) is 0 Å². The van der Waals surface area contributed by atoms with Crippen LogP contribution in [0.4, 0.5) is 24.5 Å². The highest BCUT2D eigenvalue weighted by Crippen LogP contribution is 2.32. The molecule has 2 aromatic rings. The van der Waals surface area contributed by atoms with Gasteiger partial charge in [0.25, 0.3) is 5.91 Å². The number of hydrogen-bond acceptors (Lipinski definition) is 4. The summed E-state index contributed by atoms with van der Waals surface area (Å²) in [4.78, 5) is 25.1. The van der Waals surface area contributed by atoms with Crippen molar-refractivity contribution >= 4 is 28.9 Å². The van der Waals surface area contributed by atoms with Crippen LogP contribution in [0.2, 0.25) is 0 Å². The van der Waals surface area contributed by atoms with Crippen molar-refractivity contribution in [2.75, 3.05) is 11.1 Å². The number of carbonyl (C=O) groups excluding carboxylic acids is 2. The number of nitrogens with two attached hydrogens (primary N) is 1. The second kappa shape index (κ2) is 7.34. The van der Waals surface area contributed by atoms with Gasteiger partial charge in [-0.3, -0.25) is 9.59 Å². The second-order valence-electron chi connectivity index (χ2n) is 6.42. The number of benzene rings is 2. The zero-order valence-corrected chi connectivity index (χ0v) is 14.7. The molecule has 3 rings (SSSR count). The van der Waals surface area contributed by atoms with Crippen LogP contribution < -0.4 is 16.5 Å². The van der Waals surface area contributed by atoms with Gasteiger partial charge in [0, 0.05) is 23.0 Å². The fourth-order valence-corrected chi connectivity index (χ4v) is 3.04. The summed E-state index contributed by atoms with van der Waals surface area (Å²) in [5.41, 5.74) is 9.05. The van der Waals surface area contributed by atoms with E-state index >= 15 is 0 Å². The molecule has 0 radical (unpaired) electrons. The Bertz CT molecular complexity index is 922. The van der Waals surface area contributed by atoms with Crippen LogP contribution in [0.15, 0.2) is 53.6 Å². The summed E-state index contributed by atoms with van der Waals surface area (Å²) < 4.78 is 38.0. The van der Waals surface area contributed by atoms with Crippen molar-refractivity contribution in [1.29, 1.82) is 0 Å². The minimum Gasteiger partial charge on any atom is -0.399 e. The van der Waals surface area contributed by atoms with E-state index in [4.69, 9.17) is 5.73 Å². The van der Waals surface area contributed by atoms with E-state index in [2.05, 4.69) is 15.8 Å². The molecule has 1 heterocycles. The summed E-state index contributed by atoms with van der Waals surface area (Å²) in [5, 5.41) is 6.46. The van der Waals surface area contributed by atoms with Gasteiger partial charge in [0.15, 0.2) is 0 Å². The zero-order chi connectivity index (χ0) is 20.5. The van der Waals surface area contributed by atoms with Gasteiger partial charge in [-0.25, -0.2) is 5.43 Å². The maximum absolute atomic E-state index is 12.8. The van der Waals surface area contributed by atoms with Crippen molar-refractivity contribution in [3.8, 4) is 0 Å². The van der Waals surface area contributed by atoms with Crippen molar-refractivity contribution < 1.29 is 22.8 Å². The number of nitrogen functional groups attached to an aromatic ring is 1. The molecule has 2 aromatic carbocycles. The molecule has 0 bridgehead atoms. The van der Waals surface area contributed by atoms with Crippen LogP contribution in [0, 0.1) is 5.92 Å². The molecule has 2 unspecified atom stereocenters. The van der Waals surface area contributed by atoms with Crippen LogP contribution in [0.1, 0.15) is 24.0 Å². The molecule has 1 aliphatic rings. The predicted molar refractivity (Wildman–Crippen MR) is 98.4 cm³/mol. The summed E-state index contributed by atoms with van der Waals surface area (Å²) in [6.07, 6.45) is -4.47. The predicted octanol–water partition coefficient (Wildman–Crippen LogP) is 3.13. The summed E-state index contributed by atoms with van der Waals surface area (Å²) >= 11 is 0. The average molecular weight is 390 g/mol. The van der Waals surface area contributed by atoms with E-state index in [1.807, 2.05) is 0 Å². The molecule has 2 amide bonds. The van der Waals surface area contributed by atoms with Crippen LogP contribution in [0.3, 0.4) is 0 Å². The highest BCUT2D eigenvalue weighted by Gasteiger charge is 2.40. The number of hydrogen-bond donors (Lipinski definition) is 3. The highest BCUT2D eigenvalue weighted by molar-refractivity contribution is 6.13. The Kier molecular flexibility index (Phi) is 5.08. The molecule has 1 aliphatic heterocycles. The highest BCUT2D eigenvalue weighted by atomic mass is 19.4. The van der Waals surface area contributed by atoms with Crippen molar-refractivity contribution in [1.82, 2.24) is 5.43 Å². The van der Waals surface area contributed by atoms with Gasteiger partial charge in [0.05, 0.1) is 5.56 Å². The Labute approximate surface area is 158 Å². The van der Waals surface area contributed by atoms with Gasteiger partial charge in [-0.15, -0.1) is 0 Å². The maximum Gasteiger partial charge on any atom is 0.416 e. The molecule has 0 aliphatic carbocycles. The molecule has 0 saturated heterocycles. The zero-order valence-electron chi connectivity index (χ0n) is 14.7. The van der Waals surface area contributed by atoms with Crippen LogP contribution >= 0.6 is 0 Å². The van der Waals surface area contributed by atoms with E-state index in [-0.39, 0.29) is 5.69 Å². The Balaban J connectivity index is 1.86. The quantitative estimate of drug-likeness (QED) is 0.555. The number of rotatable bonds is 3. The molecule has 146 valence electrons. The fraction of sp³-hybridized carbons (Fsp3) is 0.211. The Morgan fingerprint density at radius 1 is 1.11 bits per heavy atom. The number of hydrazone groups is 1. The van der Waals surface area contributed by atoms with Crippen LogP contribution in [0.5, 0.6) is 0 Å². The smallest absolute Gasteiger partial charge is 0.399 e. The molecule has 9 heteroatoms. The molecular formula is C19H17F3N4O2. The van der Waals surface area contributed by atoms with Gasteiger partial charge in [-0.1, -0.05) is 12.1 Å². The number of nitrogens with zero attached hydrogens (tertiary/aromatic N) is 1. The summed E-state index contributed by atoms with van der Waals surface area (Å²) in [6, 6.07) is 10.7. The first-order valence-corrected chi connectivity index (χ1v) is 8.34.